The Bertz CT molecular complexity index is 1270. The van der Waals surface area contributed by atoms with Gasteiger partial charge in [-0.05, 0) is 54.8 Å². The van der Waals surface area contributed by atoms with E-state index < -0.39 is 17.4 Å². The highest BCUT2D eigenvalue weighted by molar-refractivity contribution is 6.42. The van der Waals surface area contributed by atoms with Crippen LogP contribution in [0.3, 0.4) is 0 Å². The first-order valence-electron chi connectivity index (χ1n) is 11.4. The van der Waals surface area contributed by atoms with E-state index in [0.29, 0.717) is 28.0 Å². The fourth-order valence-corrected chi connectivity index (χ4v) is 4.56. The van der Waals surface area contributed by atoms with Crippen molar-refractivity contribution in [3.8, 4) is 5.75 Å². The van der Waals surface area contributed by atoms with Crippen molar-refractivity contribution >= 4 is 28.9 Å². The highest BCUT2D eigenvalue weighted by Gasteiger charge is 2.60. The van der Waals surface area contributed by atoms with Gasteiger partial charge in [-0.2, -0.15) is 0 Å². The molecule has 0 unspecified atom stereocenters. The van der Waals surface area contributed by atoms with E-state index in [0.717, 1.165) is 0 Å². The summed E-state index contributed by atoms with van der Waals surface area (Å²) in [6.07, 6.45) is 0. The summed E-state index contributed by atoms with van der Waals surface area (Å²) in [7, 11) is 1.55. The molecule has 3 aromatic rings. The van der Waals surface area contributed by atoms with Crippen molar-refractivity contribution in [2.45, 2.75) is 19.3 Å². The SMILES string of the molecule is CCOC(=O)C1(C(=O)OCC)C(c2ccccc2)=C(C(=O)c2ccc(OC)cc2)c2ccccc21. The Morgan fingerprint density at radius 2 is 1.31 bits per heavy atom. The average Bonchev–Trinajstić information content (AvgIpc) is 3.21. The van der Waals surface area contributed by atoms with Crippen LogP contribution in [-0.2, 0) is 24.5 Å². The average molecular weight is 471 g/mol. The number of allylic oxidation sites excluding steroid dienone is 1. The summed E-state index contributed by atoms with van der Waals surface area (Å²) in [6, 6.07) is 22.6. The third-order valence-electron chi connectivity index (χ3n) is 6.03. The number of fused-ring (bicyclic) bond motifs is 1. The fraction of sp³-hybridized carbons (Fsp3) is 0.207. The summed E-state index contributed by atoms with van der Waals surface area (Å²) in [6.45, 7) is 3.47. The zero-order valence-corrected chi connectivity index (χ0v) is 19.9. The number of esters is 2. The molecular formula is C29H26O6. The normalized spacial score (nSPS) is 13.7. The number of hydrogen-bond acceptors (Lipinski definition) is 6. The Morgan fingerprint density at radius 3 is 1.89 bits per heavy atom. The molecule has 0 aromatic heterocycles. The van der Waals surface area contributed by atoms with Crippen molar-refractivity contribution in [2.24, 2.45) is 0 Å². The molecule has 0 aliphatic heterocycles. The minimum atomic E-state index is -1.94. The molecule has 0 N–H and O–H groups in total. The van der Waals surface area contributed by atoms with Gasteiger partial charge < -0.3 is 14.2 Å². The van der Waals surface area contributed by atoms with Gasteiger partial charge in [0.15, 0.2) is 5.78 Å². The second-order valence-electron chi connectivity index (χ2n) is 7.91. The van der Waals surface area contributed by atoms with E-state index >= 15 is 0 Å². The smallest absolute Gasteiger partial charge is 0.332 e. The minimum absolute atomic E-state index is 0.0615. The zero-order valence-electron chi connectivity index (χ0n) is 19.9. The Kier molecular flexibility index (Phi) is 6.82. The molecule has 3 aromatic carbocycles. The van der Waals surface area contributed by atoms with Crippen LogP contribution in [0.1, 0.15) is 40.9 Å². The van der Waals surface area contributed by atoms with Gasteiger partial charge in [0.25, 0.3) is 0 Å². The molecule has 0 fully saturated rings. The molecule has 0 atom stereocenters. The van der Waals surface area contributed by atoms with Crippen LogP contribution in [0.15, 0.2) is 78.9 Å². The summed E-state index contributed by atoms with van der Waals surface area (Å²) >= 11 is 0. The molecule has 0 amide bonds. The monoisotopic (exact) mass is 470 g/mol. The number of ether oxygens (including phenoxy) is 3. The molecule has 6 heteroatoms. The lowest BCUT2D eigenvalue weighted by molar-refractivity contribution is -0.161. The van der Waals surface area contributed by atoms with E-state index in [1.54, 1.807) is 93.8 Å². The van der Waals surface area contributed by atoms with Crippen LogP contribution in [0.2, 0.25) is 0 Å². The van der Waals surface area contributed by atoms with Crippen molar-refractivity contribution in [3.63, 3.8) is 0 Å². The molecule has 0 radical (unpaired) electrons. The highest BCUT2D eigenvalue weighted by atomic mass is 16.6. The van der Waals surface area contributed by atoms with Crippen molar-refractivity contribution < 1.29 is 28.6 Å². The molecule has 1 aliphatic carbocycles. The van der Waals surface area contributed by atoms with Gasteiger partial charge in [0.1, 0.15) is 5.75 Å². The molecule has 178 valence electrons. The van der Waals surface area contributed by atoms with Crippen molar-refractivity contribution in [1.29, 1.82) is 0 Å². The van der Waals surface area contributed by atoms with Crippen LogP contribution in [0.25, 0.3) is 11.1 Å². The molecule has 1 aliphatic rings. The molecule has 4 rings (SSSR count). The number of methoxy groups -OCH3 is 1. The number of ketones is 1. The predicted octanol–water partition coefficient (Wildman–Crippen LogP) is 4.87. The van der Waals surface area contributed by atoms with Gasteiger partial charge in [0.05, 0.1) is 20.3 Å². The topological polar surface area (TPSA) is 78.9 Å². The van der Waals surface area contributed by atoms with Crippen LogP contribution in [0.4, 0.5) is 0 Å². The van der Waals surface area contributed by atoms with Crippen LogP contribution in [0, 0.1) is 0 Å². The van der Waals surface area contributed by atoms with E-state index in [1.165, 1.54) is 0 Å². The van der Waals surface area contributed by atoms with Crippen molar-refractivity contribution in [2.75, 3.05) is 20.3 Å². The van der Waals surface area contributed by atoms with Crippen LogP contribution in [0.5, 0.6) is 5.75 Å². The van der Waals surface area contributed by atoms with Gasteiger partial charge in [-0.1, -0.05) is 54.6 Å². The van der Waals surface area contributed by atoms with E-state index in [2.05, 4.69) is 0 Å². The van der Waals surface area contributed by atoms with Gasteiger partial charge >= 0.3 is 11.9 Å². The molecule has 0 heterocycles. The summed E-state index contributed by atoms with van der Waals surface area (Å²) in [4.78, 5) is 41.5. The molecule has 0 bridgehead atoms. The third-order valence-corrected chi connectivity index (χ3v) is 6.03. The zero-order chi connectivity index (χ0) is 25.0. The first kappa shape index (κ1) is 24.0. The number of hydrogen-bond donors (Lipinski definition) is 0. The predicted molar refractivity (Wildman–Crippen MR) is 132 cm³/mol. The first-order valence-corrected chi connectivity index (χ1v) is 11.4. The number of Topliss-reactive ketones (excluding diaryl/α,β-unsaturated/α-hetero) is 1. The fourth-order valence-electron chi connectivity index (χ4n) is 4.56. The number of rotatable bonds is 8. The maximum Gasteiger partial charge on any atom is 0.332 e. The number of carbonyl (C=O) groups is 3. The second-order valence-corrected chi connectivity index (χ2v) is 7.91. The van der Waals surface area contributed by atoms with E-state index in [9.17, 15) is 14.4 Å². The highest BCUT2D eigenvalue weighted by Crippen LogP contribution is 2.53. The molecule has 0 spiro atoms. The lowest BCUT2D eigenvalue weighted by Gasteiger charge is -2.29. The minimum Gasteiger partial charge on any atom is -0.497 e. The van der Waals surface area contributed by atoms with Gasteiger partial charge in [-0.15, -0.1) is 0 Å². The molecular weight excluding hydrogens is 444 g/mol. The Morgan fingerprint density at radius 1 is 0.743 bits per heavy atom. The lowest BCUT2D eigenvalue weighted by atomic mass is 9.74. The Balaban J connectivity index is 2.10. The maximum atomic E-state index is 14.0. The first-order chi connectivity index (χ1) is 17.0. The Hall–Kier alpha value is -4.19. The largest absolute Gasteiger partial charge is 0.497 e. The van der Waals surface area contributed by atoms with E-state index in [4.69, 9.17) is 14.2 Å². The molecule has 0 saturated carbocycles. The van der Waals surface area contributed by atoms with Gasteiger partial charge in [0.2, 0.25) is 5.41 Å². The van der Waals surface area contributed by atoms with Crippen LogP contribution >= 0.6 is 0 Å². The van der Waals surface area contributed by atoms with Gasteiger partial charge in [0, 0.05) is 16.7 Å². The van der Waals surface area contributed by atoms with Crippen LogP contribution < -0.4 is 4.74 Å². The number of carbonyl (C=O) groups excluding carboxylic acids is 3. The van der Waals surface area contributed by atoms with Crippen molar-refractivity contribution in [1.82, 2.24) is 0 Å². The standard InChI is InChI=1S/C29H26O6/c1-4-34-27(31)29(28(32)35-5-2)23-14-10-9-13-22(23)24(25(29)19-11-7-6-8-12-19)26(30)20-15-17-21(33-3)18-16-20/h6-18H,4-5H2,1-3H3. The number of benzene rings is 3. The van der Waals surface area contributed by atoms with Gasteiger partial charge in [-0.25, -0.2) is 0 Å². The quantitative estimate of drug-likeness (QED) is 0.266. The second kappa shape index (κ2) is 9.97. The third kappa shape index (κ3) is 3.91. The summed E-state index contributed by atoms with van der Waals surface area (Å²) in [5.41, 5.74) is 0.395. The molecule has 0 saturated heterocycles. The summed E-state index contributed by atoms with van der Waals surface area (Å²) < 4.78 is 16.2. The summed E-state index contributed by atoms with van der Waals surface area (Å²) in [5, 5.41) is 0. The Labute approximate surface area is 204 Å². The lowest BCUT2D eigenvalue weighted by Crippen LogP contribution is -2.46. The summed E-state index contributed by atoms with van der Waals surface area (Å²) in [5.74, 6) is -1.27. The van der Waals surface area contributed by atoms with Crippen LogP contribution in [-0.4, -0.2) is 38.0 Å². The van der Waals surface area contributed by atoms with E-state index in [1.807, 2.05) is 6.07 Å². The molecule has 6 nitrogen and oxygen atoms in total. The van der Waals surface area contributed by atoms with Gasteiger partial charge in [-0.3, -0.25) is 14.4 Å². The van der Waals surface area contributed by atoms with Crippen molar-refractivity contribution in [3.05, 3.63) is 101 Å². The maximum absolute atomic E-state index is 14.0. The van der Waals surface area contributed by atoms with E-state index in [-0.39, 0.29) is 30.1 Å². The molecule has 35 heavy (non-hydrogen) atoms.